The van der Waals surface area contributed by atoms with Crippen LogP contribution in [0.1, 0.15) is 25.0 Å². The van der Waals surface area contributed by atoms with Gasteiger partial charge in [0.1, 0.15) is 11.8 Å². The highest BCUT2D eigenvalue weighted by atomic mass is 16.5. The number of hydrogen-bond acceptors (Lipinski definition) is 4. The number of nitrogens with one attached hydrogen (secondary N) is 1. The summed E-state index contributed by atoms with van der Waals surface area (Å²) in [6.45, 7) is 5.00. The van der Waals surface area contributed by atoms with E-state index in [0.29, 0.717) is 24.4 Å². The van der Waals surface area contributed by atoms with E-state index in [1.165, 1.54) is 0 Å². The minimum Gasteiger partial charge on any atom is -0.495 e. The zero-order chi connectivity index (χ0) is 13.6. The topological polar surface area (TPSA) is 68.8 Å². The van der Waals surface area contributed by atoms with Crippen LogP contribution >= 0.6 is 0 Å². The lowest BCUT2D eigenvalue weighted by Gasteiger charge is -2.16. The lowest BCUT2D eigenvalue weighted by atomic mass is 9.96. The zero-order valence-corrected chi connectivity index (χ0v) is 10.9. The number of ether oxygens (including phenoxy) is 1. The van der Waals surface area contributed by atoms with Crippen LogP contribution in [0.2, 0.25) is 0 Å². The fourth-order valence-electron chi connectivity index (χ4n) is 1.51. The molecule has 1 N–H and O–H groups in total. The molecule has 0 aliphatic heterocycles. The van der Waals surface area contributed by atoms with Crippen molar-refractivity contribution >= 4 is 0 Å². The molecule has 0 atom stereocenters. The Morgan fingerprint density at radius 2 is 2.06 bits per heavy atom. The molecule has 1 aromatic rings. The Kier molecular flexibility index (Phi) is 4.71. The monoisotopic (exact) mass is 243 g/mol. The lowest BCUT2D eigenvalue weighted by molar-refractivity contribution is 0.413. The van der Waals surface area contributed by atoms with Gasteiger partial charge in [0, 0.05) is 13.1 Å². The molecule has 0 unspecified atom stereocenters. The normalized spacial score (nSPS) is 10.5. The van der Waals surface area contributed by atoms with E-state index in [1.54, 1.807) is 19.2 Å². The molecule has 1 aromatic carbocycles. The van der Waals surface area contributed by atoms with Crippen molar-refractivity contribution in [3.63, 3.8) is 0 Å². The molecular weight excluding hydrogens is 226 g/mol. The molecule has 0 bridgehead atoms. The van der Waals surface area contributed by atoms with Crippen LogP contribution in [0.4, 0.5) is 0 Å². The van der Waals surface area contributed by atoms with E-state index in [-0.39, 0.29) is 5.41 Å². The summed E-state index contributed by atoms with van der Waals surface area (Å²) in [6.07, 6.45) is 0. The van der Waals surface area contributed by atoms with Gasteiger partial charge < -0.3 is 10.1 Å². The van der Waals surface area contributed by atoms with Crippen molar-refractivity contribution in [2.45, 2.75) is 20.4 Å². The van der Waals surface area contributed by atoms with Crippen LogP contribution in [-0.4, -0.2) is 13.7 Å². The van der Waals surface area contributed by atoms with Crippen molar-refractivity contribution in [1.29, 1.82) is 10.5 Å². The minimum absolute atomic E-state index is 0.384. The lowest BCUT2D eigenvalue weighted by Crippen LogP contribution is -2.27. The fraction of sp³-hybridized carbons (Fsp3) is 0.429. The second-order valence-electron chi connectivity index (χ2n) is 4.75. The average Bonchev–Trinajstić information content (AvgIpc) is 2.38. The predicted molar refractivity (Wildman–Crippen MR) is 68.8 cm³/mol. The van der Waals surface area contributed by atoms with Crippen molar-refractivity contribution in [3.05, 3.63) is 29.3 Å². The molecule has 4 nitrogen and oxygen atoms in total. The molecule has 0 fully saturated rings. The van der Waals surface area contributed by atoms with Crippen LogP contribution in [0.5, 0.6) is 5.75 Å². The van der Waals surface area contributed by atoms with Gasteiger partial charge in [-0.1, -0.05) is 6.07 Å². The smallest absolute Gasteiger partial charge is 0.136 e. The van der Waals surface area contributed by atoms with E-state index in [4.69, 9.17) is 15.3 Å². The van der Waals surface area contributed by atoms with Gasteiger partial charge in [0.2, 0.25) is 0 Å². The Morgan fingerprint density at radius 3 is 2.61 bits per heavy atom. The molecule has 0 aliphatic carbocycles. The highest BCUT2D eigenvalue weighted by Crippen LogP contribution is 2.19. The first-order valence-electron chi connectivity index (χ1n) is 5.71. The highest BCUT2D eigenvalue weighted by Gasteiger charge is 2.15. The molecule has 0 aliphatic rings. The third-order valence-corrected chi connectivity index (χ3v) is 2.58. The molecule has 0 radical (unpaired) electrons. The quantitative estimate of drug-likeness (QED) is 0.860. The summed E-state index contributed by atoms with van der Waals surface area (Å²) in [5, 5.41) is 21.1. The van der Waals surface area contributed by atoms with Gasteiger partial charge >= 0.3 is 0 Å². The molecule has 4 heteroatoms. The van der Waals surface area contributed by atoms with Crippen molar-refractivity contribution in [1.82, 2.24) is 5.32 Å². The number of rotatable bonds is 5. The van der Waals surface area contributed by atoms with E-state index >= 15 is 0 Å². The maximum atomic E-state index is 8.97. The van der Waals surface area contributed by atoms with E-state index in [9.17, 15) is 0 Å². The Labute approximate surface area is 108 Å². The van der Waals surface area contributed by atoms with E-state index in [1.807, 2.05) is 19.9 Å². The van der Waals surface area contributed by atoms with E-state index in [0.717, 1.165) is 5.56 Å². The molecule has 94 valence electrons. The summed E-state index contributed by atoms with van der Waals surface area (Å²) < 4.78 is 5.08. The summed E-state index contributed by atoms with van der Waals surface area (Å²) in [4.78, 5) is 0. The first-order chi connectivity index (χ1) is 8.52. The maximum Gasteiger partial charge on any atom is 0.136 e. The van der Waals surface area contributed by atoms with Gasteiger partial charge in [0.25, 0.3) is 0 Å². The summed E-state index contributed by atoms with van der Waals surface area (Å²) >= 11 is 0. The second kappa shape index (κ2) is 6.05. The van der Waals surface area contributed by atoms with Gasteiger partial charge in [-0.2, -0.15) is 10.5 Å². The summed E-state index contributed by atoms with van der Waals surface area (Å²) in [5.74, 6) is 0.582. The first kappa shape index (κ1) is 14.0. The van der Waals surface area contributed by atoms with Crippen LogP contribution in [0.3, 0.4) is 0 Å². The molecule has 0 spiro atoms. The average molecular weight is 243 g/mol. The largest absolute Gasteiger partial charge is 0.495 e. The Balaban J connectivity index is 2.65. The predicted octanol–water partition coefficient (Wildman–Crippen LogP) is 2.21. The number of hydrogen-bond donors (Lipinski definition) is 1. The summed E-state index contributed by atoms with van der Waals surface area (Å²) in [5.41, 5.74) is 1.14. The molecule has 0 aromatic heterocycles. The van der Waals surface area contributed by atoms with Crippen LogP contribution < -0.4 is 10.1 Å². The zero-order valence-electron chi connectivity index (χ0n) is 10.9. The molecule has 0 saturated carbocycles. The third-order valence-electron chi connectivity index (χ3n) is 2.58. The molecule has 18 heavy (non-hydrogen) atoms. The molecule has 0 heterocycles. The van der Waals surface area contributed by atoms with Gasteiger partial charge in [-0.05, 0) is 31.5 Å². The number of nitriles is 2. The third kappa shape index (κ3) is 3.76. The SMILES string of the molecule is COc1ccc(CNCC(C)(C)C#N)cc1C#N. The van der Waals surface area contributed by atoms with Gasteiger partial charge in [-0.15, -0.1) is 0 Å². The molecular formula is C14H17N3O. The minimum atomic E-state index is -0.384. The maximum absolute atomic E-state index is 8.97. The Hall–Kier alpha value is -2.04. The Bertz CT molecular complexity index is 495. The number of methoxy groups -OCH3 is 1. The summed E-state index contributed by atoms with van der Waals surface area (Å²) in [7, 11) is 1.55. The Morgan fingerprint density at radius 1 is 1.33 bits per heavy atom. The van der Waals surface area contributed by atoms with Gasteiger partial charge in [-0.25, -0.2) is 0 Å². The second-order valence-corrected chi connectivity index (χ2v) is 4.75. The van der Waals surface area contributed by atoms with Crippen molar-refractivity contribution in [3.8, 4) is 17.9 Å². The van der Waals surface area contributed by atoms with E-state index < -0.39 is 0 Å². The molecule has 0 saturated heterocycles. The van der Waals surface area contributed by atoms with Crippen molar-refractivity contribution in [2.75, 3.05) is 13.7 Å². The van der Waals surface area contributed by atoms with E-state index in [2.05, 4.69) is 17.5 Å². The van der Waals surface area contributed by atoms with Crippen LogP contribution in [0.25, 0.3) is 0 Å². The van der Waals surface area contributed by atoms with Gasteiger partial charge in [0.05, 0.1) is 24.2 Å². The van der Waals surface area contributed by atoms with Gasteiger partial charge in [0.15, 0.2) is 0 Å². The number of benzene rings is 1. The standard InChI is InChI=1S/C14H17N3O/c1-14(2,9-16)10-17-8-11-4-5-13(18-3)12(6-11)7-15/h4-6,17H,8,10H2,1-3H3. The highest BCUT2D eigenvalue weighted by molar-refractivity contribution is 5.45. The van der Waals surface area contributed by atoms with Crippen LogP contribution in [-0.2, 0) is 6.54 Å². The first-order valence-corrected chi connectivity index (χ1v) is 5.71. The van der Waals surface area contributed by atoms with Gasteiger partial charge in [-0.3, -0.25) is 0 Å². The fourth-order valence-corrected chi connectivity index (χ4v) is 1.51. The van der Waals surface area contributed by atoms with Crippen LogP contribution in [0.15, 0.2) is 18.2 Å². The molecule has 0 amide bonds. The van der Waals surface area contributed by atoms with Crippen LogP contribution in [0, 0.1) is 28.1 Å². The van der Waals surface area contributed by atoms with Crippen molar-refractivity contribution < 1.29 is 4.74 Å². The molecule has 1 rings (SSSR count). The number of nitrogens with zero attached hydrogens (tertiary/aromatic N) is 2. The summed E-state index contributed by atoms with van der Waals surface area (Å²) in [6, 6.07) is 9.82. The van der Waals surface area contributed by atoms with Crippen molar-refractivity contribution in [2.24, 2.45) is 5.41 Å².